The van der Waals surface area contributed by atoms with Crippen LogP contribution in [0, 0.1) is 11.8 Å². The van der Waals surface area contributed by atoms with Gasteiger partial charge in [-0.1, -0.05) is 12.8 Å². The van der Waals surface area contributed by atoms with Crippen LogP contribution in [0.5, 0.6) is 0 Å². The molecule has 1 N–H and O–H groups in total. The number of unbranched alkanes of at least 4 members (excludes halogenated alkanes) is 1. The number of rotatable bonds is 2. The fourth-order valence-electron chi connectivity index (χ4n) is 1.22. The number of nitrogens with one attached hydrogen (secondary N) is 1. The molecule has 0 aliphatic carbocycles. The highest BCUT2D eigenvalue weighted by Gasteiger charge is 2.18. The Bertz CT molecular complexity index is 421. The van der Waals surface area contributed by atoms with Crippen LogP contribution in [0.15, 0.2) is 4.99 Å². The smallest absolute Gasteiger partial charge is 0.416 e. The first-order chi connectivity index (χ1) is 9.43. The summed E-state index contributed by atoms with van der Waals surface area (Å²) in [5.74, 6) is 5.90. The van der Waals surface area contributed by atoms with E-state index in [0.717, 1.165) is 17.7 Å². The number of amides is 3. The molecule has 0 aromatic rings. The van der Waals surface area contributed by atoms with Crippen molar-refractivity contribution in [2.75, 3.05) is 34.8 Å². The zero-order valence-electron chi connectivity index (χ0n) is 12.7. The molecule has 0 aliphatic rings. The zero-order valence-corrected chi connectivity index (χ0v) is 12.7. The zero-order chi connectivity index (χ0) is 15.5. The maximum absolute atomic E-state index is 11.6. The molecule has 0 aromatic heterocycles. The second-order valence-corrected chi connectivity index (χ2v) is 4.10. The van der Waals surface area contributed by atoms with Gasteiger partial charge >= 0.3 is 12.1 Å². The lowest BCUT2D eigenvalue weighted by atomic mass is 10.3. The molecule has 0 spiro atoms. The van der Waals surface area contributed by atoms with E-state index < -0.39 is 12.1 Å². The summed E-state index contributed by atoms with van der Waals surface area (Å²) in [5.41, 5.74) is 0. The first kappa shape index (κ1) is 17.8. The minimum atomic E-state index is -0.604. The number of carbonyl (C=O) groups is 2. The summed E-state index contributed by atoms with van der Waals surface area (Å²) in [6.45, 7) is 2.26. The number of nitrogens with zero attached hydrogens (tertiary/aromatic N) is 3. The van der Waals surface area contributed by atoms with E-state index in [4.69, 9.17) is 0 Å². The quantitative estimate of drug-likeness (QED) is 0.468. The van der Waals surface area contributed by atoms with Crippen LogP contribution in [0.3, 0.4) is 0 Å². The van der Waals surface area contributed by atoms with Gasteiger partial charge in [-0.25, -0.2) is 9.59 Å². The van der Waals surface area contributed by atoms with Crippen molar-refractivity contribution in [2.24, 2.45) is 4.99 Å². The Kier molecular flexibility index (Phi) is 8.59. The minimum absolute atomic E-state index is 0.177. The van der Waals surface area contributed by atoms with Gasteiger partial charge in [0.1, 0.15) is 0 Å². The van der Waals surface area contributed by atoms with Crippen molar-refractivity contribution in [2.45, 2.75) is 19.8 Å². The highest BCUT2D eigenvalue weighted by molar-refractivity contribution is 5.99. The van der Waals surface area contributed by atoms with E-state index in [2.05, 4.69) is 26.9 Å². The maximum atomic E-state index is 11.6. The molecule has 0 aromatic carbocycles. The van der Waals surface area contributed by atoms with Crippen molar-refractivity contribution in [1.82, 2.24) is 15.1 Å². The molecular formula is C13H22N4O3. The Morgan fingerprint density at radius 3 is 2.40 bits per heavy atom. The van der Waals surface area contributed by atoms with E-state index in [1.807, 2.05) is 6.92 Å². The molecule has 3 amide bonds. The average molecular weight is 282 g/mol. The van der Waals surface area contributed by atoms with Gasteiger partial charge in [-0.15, -0.1) is 5.92 Å². The Balaban J connectivity index is 4.65. The van der Waals surface area contributed by atoms with Gasteiger partial charge in [-0.05, 0) is 6.42 Å². The lowest BCUT2D eigenvalue weighted by Gasteiger charge is -2.23. The van der Waals surface area contributed by atoms with Gasteiger partial charge in [-0.3, -0.25) is 4.90 Å². The van der Waals surface area contributed by atoms with E-state index in [-0.39, 0.29) is 12.5 Å². The molecule has 0 saturated heterocycles. The molecule has 0 fully saturated rings. The molecule has 0 atom stereocenters. The number of hydrogen-bond donors (Lipinski definition) is 1. The number of carbonyl (C=O) groups excluding carboxylic acids is 2. The molecule has 0 saturated carbocycles. The van der Waals surface area contributed by atoms with Crippen molar-refractivity contribution in [3.05, 3.63) is 0 Å². The normalized spacial score (nSPS) is 10.2. The van der Waals surface area contributed by atoms with Crippen LogP contribution in [0.2, 0.25) is 0 Å². The summed E-state index contributed by atoms with van der Waals surface area (Å²) in [6.07, 6.45) is 1.18. The fraction of sp³-hybridized carbons (Fsp3) is 0.615. The van der Waals surface area contributed by atoms with E-state index in [0.29, 0.717) is 0 Å². The highest BCUT2D eigenvalue weighted by atomic mass is 16.5. The second-order valence-electron chi connectivity index (χ2n) is 4.10. The number of urea groups is 1. The monoisotopic (exact) mass is 282 g/mol. The summed E-state index contributed by atoms with van der Waals surface area (Å²) >= 11 is 0. The third-order valence-corrected chi connectivity index (χ3v) is 2.18. The SMILES string of the molecule is CCCC#CCNC(=O)/N=C(\N(C)C)N(C)C(=O)OC. The molecule has 0 heterocycles. The first-order valence-corrected chi connectivity index (χ1v) is 6.25. The summed E-state index contributed by atoms with van der Waals surface area (Å²) in [5, 5.41) is 2.53. The van der Waals surface area contributed by atoms with Crippen LogP contribution < -0.4 is 5.32 Å². The van der Waals surface area contributed by atoms with Gasteiger partial charge in [0.15, 0.2) is 0 Å². The van der Waals surface area contributed by atoms with E-state index in [9.17, 15) is 9.59 Å². The number of ether oxygens (including phenoxy) is 1. The van der Waals surface area contributed by atoms with Crippen LogP contribution in [0.4, 0.5) is 9.59 Å². The Morgan fingerprint density at radius 1 is 1.25 bits per heavy atom. The van der Waals surface area contributed by atoms with Crippen LogP contribution in [0.1, 0.15) is 19.8 Å². The van der Waals surface area contributed by atoms with Crippen LogP contribution in [-0.4, -0.2) is 62.7 Å². The van der Waals surface area contributed by atoms with Crippen molar-refractivity contribution < 1.29 is 14.3 Å². The van der Waals surface area contributed by atoms with Gasteiger partial charge in [0.2, 0.25) is 5.96 Å². The van der Waals surface area contributed by atoms with Crippen molar-refractivity contribution in [1.29, 1.82) is 0 Å². The number of methoxy groups -OCH3 is 1. The Morgan fingerprint density at radius 2 is 1.90 bits per heavy atom. The average Bonchev–Trinajstić information content (AvgIpc) is 2.42. The Labute approximate surface area is 120 Å². The van der Waals surface area contributed by atoms with Crippen molar-refractivity contribution >= 4 is 18.1 Å². The van der Waals surface area contributed by atoms with Crippen molar-refractivity contribution in [3.63, 3.8) is 0 Å². The summed E-state index contributed by atoms with van der Waals surface area (Å²) in [7, 11) is 6.08. The number of hydrogen-bond acceptors (Lipinski definition) is 3. The molecule has 7 nitrogen and oxygen atoms in total. The van der Waals surface area contributed by atoms with Crippen LogP contribution >= 0.6 is 0 Å². The summed E-state index contributed by atoms with van der Waals surface area (Å²) in [4.78, 5) is 29.5. The molecular weight excluding hydrogens is 260 g/mol. The lowest BCUT2D eigenvalue weighted by molar-refractivity contribution is 0.149. The third kappa shape index (κ3) is 6.64. The summed E-state index contributed by atoms with van der Waals surface area (Å²) in [6, 6.07) is -0.560. The standard InChI is InChI=1S/C13H22N4O3/c1-6-7-8-9-10-14-11(18)15-12(16(2)3)17(4)13(19)20-5/h6-7,10H2,1-5H3,(H,14,18)/b15-12+. The molecule has 0 unspecified atom stereocenters. The van der Waals surface area contributed by atoms with Gasteiger partial charge in [0, 0.05) is 27.6 Å². The largest absolute Gasteiger partial charge is 0.452 e. The molecule has 0 radical (unpaired) electrons. The fourth-order valence-corrected chi connectivity index (χ4v) is 1.22. The number of guanidine groups is 1. The topological polar surface area (TPSA) is 74.2 Å². The van der Waals surface area contributed by atoms with Gasteiger partial charge in [0.05, 0.1) is 13.7 Å². The molecule has 112 valence electrons. The van der Waals surface area contributed by atoms with E-state index in [1.165, 1.54) is 14.2 Å². The van der Waals surface area contributed by atoms with E-state index in [1.54, 1.807) is 19.0 Å². The predicted molar refractivity (Wildman–Crippen MR) is 77.4 cm³/mol. The predicted octanol–water partition coefficient (Wildman–Crippen LogP) is 1.12. The lowest BCUT2D eigenvalue weighted by Crippen LogP contribution is -2.43. The highest BCUT2D eigenvalue weighted by Crippen LogP contribution is 1.96. The van der Waals surface area contributed by atoms with Gasteiger partial charge in [0.25, 0.3) is 0 Å². The molecule has 0 aliphatic heterocycles. The minimum Gasteiger partial charge on any atom is -0.452 e. The number of aliphatic imine (C=N–C) groups is 1. The summed E-state index contributed by atoms with van der Waals surface area (Å²) < 4.78 is 4.58. The molecule has 0 bridgehead atoms. The maximum Gasteiger partial charge on any atom is 0.416 e. The third-order valence-electron chi connectivity index (χ3n) is 2.18. The van der Waals surface area contributed by atoms with E-state index >= 15 is 0 Å². The molecule has 0 rings (SSSR count). The van der Waals surface area contributed by atoms with Crippen LogP contribution in [0.25, 0.3) is 0 Å². The first-order valence-electron chi connectivity index (χ1n) is 6.25. The Hall–Kier alpha value is -2.23. The van der Waals surface area contributed by atoms with Gasteiger partial charge in [-0.2, -0.15) is 4.99 Å². The van der Waals surface area contributed by atoms with Crippen molar-refractivity contribution in [3.8, 4) is 11.8 Å². The van der Waals surface area contributed by atoms with Gasteiger partial charge < -0.3 is 15.0 Å². The molecule has 20 heavy (non-hydrogen) atoms. The molecule has 7 heteroatoms. The van der Waals surface area contributed by atoms with Crippen LogP contribution in [-0.2, 0) is 4.74 Å². The second kappa shape index (κ2) is 9.67.